The second-order valence-corrected chi connectivity index (χ2v) is 6.42. The van der Waals surface area contributed by atoms with Crippen molar-refractivity contribution in [2.75, 3.05) is 0 Å². The molecule has 4 nitrogen and oxygen atoms in total. The first-order chi connectivity index (χ1) is 10.7. The minimum absolute atomic E-state index is 0.176. The summed E-state index contributed by atoms with van der Waals surface area (Å²) in [5, 5.41) is 2.41. The highest BCUT2D eigenvalue weighted by Gasteiger charge is 2.28. The SMILES string of the molecule is O=CC1CCC(c2ccc(C3CCC(=O)NC3=O)cc2)CC1. The Morgan fingerprint density at radius 1 is 0.909 bits per heavy atom. The monoisotopic (exact) mass is 299 g/mol. The van der Waals surface area contributed by atoms with E-state index in [1.165, 1.54) is 5.56 Å². The lowest BCUT2D eigenvalue weighted by Crippen LogP contribution is -2.39. The van der Waals surface area contributed by atoms with Gasteiger partial charge in [0.25, 0.3) is 0 Å². The third kappa shape index (κ3) is 3.11. The van der Waals surface area contributed by atoms with Crippen molar-refractivity contribution >= 4 is 18.1 Å². The normalized spacial score (nSPS) is 29.0. The minimum Gasteiger partial charge on any atom is -0.303 e. The largest absolute Gasteiger partial charge is 0.303 e. The molecule has 2 fully saturated rings. The first-order valence-electron chi connectivity index (χ1n) is 8.06. The molecule has 0 aromatic heterocycles. The van der Waals surface area contributed by atoms with Crippen LogP contribution in [0, 0.1) is 5.92 Å². The third-order valence-electron chi connectivity index (χ3n) is 5.01. The van der Waals surface area contributed by atoms with E-state index >= 15 is 0 Å². The van der Waals surface area contributed by atoms with Crippen molar-refractivity contribution < 1.29 is 14.4 Å². The lowest BCUT2D eigenvalue weighted by molar-refractivity contribution is -0.134. The van der Waals surface area contributed by atoms with Crippen LogP contribution in [-0.2, 0) is 14.4 Å². The van der Waals surface area contributed by atoms with Gasteiger partial charge >= 0.3 is 0 Å². The fraction of sp³-hybridized carbons (Fsp3) is 0.500. The van der Waals surface area contributed by atoms with Crippen LogP contribution in [0.3, 0.4) is 0 Å². The Morgan fingerprint density at radius 2 is 1.55 bits per heavy atom. The number of imide groups is 1. The van der Waals surface area contributed by atoms with E-state index in [-0.39, 0.29) is 23.7 Å². The zero-order valence-corrected chi connectivity index (χ0v) is 12.6. The molecule has 1 saturated heterocycles. The molecule has 1 saturated carbocycles. The second kappa shape index (κ2) is 6.42. The summed E-state index contributed by atoms with van der Waals surface area (Å²) in [5.41, 5.74) is 2.27. The van der Waals surface area contributed by atoms with Crippen LogP contribution >= 0.6 is 0 Å². The summed E-state index contributed by atoms with van der Waals surface area (Å²) in [5.74, 6) is 0.184. The van der Waals surface area contributed by atoms with Gasteiger partial charge in [-0.3, -0.25) is 14.9 Å². The van der Waals surface area contributed by atoms with E-state index in [0.717, 1.165) is 37.5 Å². The number of carbonyl (C=O) groups is 3. The maximum absolute atomic E-state index is 11.9. The van der Waals surface area contributed by atoms with E-state index in [1.807, 2.05) is 12.1 Å². The molecule has 0 bridgehead atoms. The van der Waals surface area contributed by atoms with Crippen LogP contribution < -0.4 is 5.32 Å². The van der Waals surface area contributed by atoms with Crippen molar-refractivity contribution in [1.29, 1.82) is 0 Å². The highest BCUT2D eigenvalue weighted by molar-refractivity contribution is 6.00. The zero-order valence-electron chi connectivity index (χ0n) is 12.6. The molecule has 1 aliphatic carbocycles. The molecule has 116 valence electrons. The van der Waals surface area contributed by atoms with Gasteiger partial charge in [-0.05, 0) is 49.1 Å². The molecule has 1 N–H and O–H groups in total. The molecule has 0 spiro atoms. The summed E-state index contributed by atoms with van der Waals surface area (Å²) in [7, 11) is 0. The average molecular weight is 299 g/mol. The van der Waals surface area contributed by atoms with Gasteiger partial charge in [0.2, 0.25) is 11.8 Å². The molecular weight excluding hydrogens is 278 g/mol. The molecule has 1 atom stereocenters. The van der Waals surface area contributed by atoms with Crippen molar-refractivity contribution in [1.82, 2.24) is 5.32 Å². The average Bonchev–Trinajstić information content (AvgIpc) is 2.55. The van der Waals surface area contributed by atoms with Gasteiger partial charge in [-0.2, -0.15) is 0 Å². The molecule has 1 heterocycles. The number of aldehydes is 1. The van der Waals surface area contributed by atoms with Gasteiger partial charge in [0, 0.05) is 12.3 Å². The van der Waals surface area contributed by atoms with Crippen LogP contribution in [0.25, 0.3) is 0 Å². The zero-order chi connectivity index (χ0) is 15.5. The summed E-state index contributed by atoms with van der Waals surface area (Å²) in [4.78, 5) is 33.9. The predicted octanol–water partition coefficient (Wildman–Crippen LogP) is 2.68. The lowest BCUT2D eigenvalue weighted by Gasteiger charge is -2.26. The van der Waals surface area contributed by atoms with E-state index in [0.29, 0.717) is 18.8 Å². The Balaban J connectivity index is 1.67. The van der Waals surface area contributed by atoms with Gasteiger partial charge in [0.15, 0.2) is 0 Å². The van der Waals surface area contributed by atoms with Crippen LogP contribution in [0.15, 0.2) is 24.3 Å². The summed E-state index contributed by atoms with van der Waals surface area (Å²) >= 11 is 0. The van der Waals surface area contributed by atoms with Crippen molar-refractivity contribution in [3.05, 3.63) is 35.4 Å². The molecule has 1 unspecified atom stereocenters. The lowest BCUT2D eigenvalue weighted by atomic mass is 9.78. The smallest absolute Gasteiger partial charge is 0.234 e. The van der Waals surface area contributed by atoms with E-state index < -0.39 is 0 Å². The number of hydrogen-bond acceptors (Lipinski definition) is 3. The Hall–Kier alpha value is -1.97. The number of carbonyl (C=O) groups excluding carboxylic acids is 3. The van der Waals surface area contributed by atoms with Crippen molar-refractivity contribution in [2.45, 2.75) is 50.4 Å². The predicted molar refractivity (Wildman–Crippen MR) is 82.3 cm³/mol. The fourth-order valence-electron chi connectivity index (χ4n) is 3.60. The van der Waals surface area contributed by atoms with E-state index in [2.05, 4.69) is 17.4 Å². The fourth-order valence-corrected chi connectivity index (χ4v) is 3.60. The first-order valence-corrected chi connectivity index (χ1v) is 8.06. The number of piperidine rings is 1. The first kappa shape index (κ1) is 14.9. The highest BCUT2D eigenvalue weighted by atomic mass is 16.2. The van der Waals surface area contributed by atoms with Crippen LogP contribution in [0.2, 0.25) is 0 Å². The van der Waals surface area contributed by atoms with E-state index in [1.54, 1.807) is 0 Å². The summed E-state index contributed by atoms with van der Waals surface area (Å²) in [6.07, 6.45) is 6.15. The second-order valence-electron chi connectivity index (χ2n) is 6.42. The molecule has 1 aromatic rings. The molecule has 1 aliphatic heterocycles. The maximum atomic E-state index is 11.9. The Kier molecular flexibility index (Phi) is 4.36. The highest BCUT2D eigenvalue weighted by Crippen LogP contribution is 2.35. The number of nitrogens with one attached hydrogen (secondary N) is 1. The summed E-state index contributed by atoms with van der Waals surface area (Å²) < 4.78 is 0. The van der Waals surface area contributed by atoms with Gasteiger partial charge < -0.3 is 4.79 Å². The van der Waals surface area contributed by atoms with Crippen LogP contribution in [0.4, 0.5) is 0 Å². The molecule has 0 radical (unpaired) electrons. The van der Waals surface area contributed by atoms with Crippen LogP contribution in [0.5, 0.6) is 0 Å². The Labute approximate surface area is 130 Å². The van der Waals surface area contributed by atoms with Gasteiger partial charge in [0.05, 0.1) is 5.92 Å². The minimum atomic E-state index is -0.211. The van der Waals surface area contributed by atoms with Gasteiger partial charge in [0.1, 0.15) is 6.29 Å². The molecular formula is C18H21NO3. The Bertz CT molecular complexity index is 570. The number of amides is 2. The number of benzene rings is 1. The standard InChI is InChI=1S/C18H21NO3/c20-11-12-1-3-13(4-2-12)14-5-7-15(8-6-14)16-9-10-17(21)19-18(16)22/h5-8,11-13,16H,1-4,9-10H2,(H,19,21,22). The molecule has 22 heavy (non-hydrogen) atoms. The van der Waals surface area contributed by atoms with Gasteiger partial charge in [-0.1, -0.05) is 24.3 Å². The van der Waals surface area contributed by atoms with Crippen LogP contribution in [-0.4, -0.2) is 18.1 Å². The molecule has 4 heteroatoms. The quantitative estimate of drug-likeness (QED) is 0.689. The van der Waals surface area contributed by atoms with Crippen molar-refractivity contribution in [3.63, 3.8) is 0 Å². The number of rotatable bonds is 3. The van der Waals surface area contributed by atoms with E-state index in [9.17, 15) is 14.4 Å². The van der Waals surface area contributed by atoms with Crippen molar-refractivity contribution in [2.24, 2.45) is 5.92 Å². The maximum Gasteiger partial charge on any atom is 0.234 e. The van der Waals surface area contributed by atoms with Crippen LogP contribution in [0.1, 0.15) is 61.5 Å². The molecule has 1 aromatic carbocycles. The topological polar surface area (TPSA) is 63.2 Å². The summed E-state index contributed by atoms with van der Waals surface area (Å²) in [6, 6.07) is 8.23. The Morgan fingerprint density at radius 3 is 2.14 bits per heavy atom. The third-order valence-corrected chi connectivity index (χ3v) is 5.01. The van der Waals surface area contributed by atoms with E-state index in [4.69, 9.17) is 0 Å². The molecule has 3 rings (SSSR count). The molecule has 2 aliphatic rings. The summed E-state index contributed by atoms with van der Waals surface area (Å²) in [6.45, 7) is 0. The molecule has 2 amide bonds. The van der Waals surface area contributed by atoms with Gasteiger partial charge in [-0.15, -0.1) is 0 Å². The van der Waals surface area contributed by atoms with Crippen molar-refractivity contribution in [3.8, 4) is 0 Å². The number of hydrogen-bond donors (Lipinski definition) is 1. The van der Waals surface area contributed by atoms with Gasteiger partial charge in [-0.25, -0.2) is 0 Å².